The van der Waals surface area contributed by atoms with Gasteiger partial charge in [-0.2, -0.15) is 0 Å². The van der Waals surface area contributed by atoms with E-state index in [9.17, 15) is 0 Å². The second kappa shape index (κ2) is 5.54. The zero-order valence-electron chi connectivity index (χ0n) is 11.1. The number of fused-ring (bicyclic) bond motifs is 1. The molecule has 17 heavy (non-hydrogen) atoms. The van der Waals surface area contributed by atoms with Crippen LogP contribution in [0.3, 0.4) is 0 Å². The zero-order valence-corrected chi connectivity index (χ0v) is 11.1. The Labute approximate surface area is 104 Å². The zero-order chi connectivity index (χ0) is 12.3. The topological polar surface area (TPSA) is 21.3 Å². The van der Waals surface area contributed by atoms with Gasteiger partial charge in [0.05, 0.1) is 0 Å². The first kappa shape index (κ1) is 12.4. The summed E-state index contributed by atoms with van der Waals surface area (Å²) in [6.45, 7) is 4.55. The van der Waals surface area contributed by atoms with Crippen LogP contribution in [-0.2, 0) is 6.42 Å². The van der Waals surface area contributed by atoms with E-state index in [4.69, 9.17) is 4.74 Å². The molecule has 0 aliphatic carbocycles. The van der Waals surface area contributed by atoms with Gasteiger partial charge in [0, 0.05) is 12.5 Å². The van der Waals surface area contributed by atoms with E-state index >= 15 is 0 Å². The highest BCUT2D eigenvalue weighted by Gasteiger charge is 2.26. The van der Waals surface area contributed by atoms with Crippen LogP contribution in [0.15, 0.2) is 24.3 Å². The van der Waals surface area contributed by atoms with Crippen molar-refractivity contribution in [3.8, 4) is 5.75 Å². The summed E-state index contributed by atoms with van der Waals surface area (Å²) < 4.78 is 5.99. The first-order valence-electron chi connectivity index (χ1n) is 6.66. The van der Waals surface area contributed by atoms with Crippen LogP contribution in [0.2, 0.25) is 0 Å². The molecular weight excluding hydrogens is 210 g/mol. The van der Waals surface area contributed by atoms with E-state index < -0.39 is 0 Å². The second-order valence-electron chi connectivity index (χ2n) is 5.07. The smallest absolute Gasteiger partial charge is 0.123 e. The first-order chi connectivity index (χ1) is 8.24. The predicted molar refractivity (Wildman–Crippen MR) is 71.5 cm³/mol. The van der Waals surface area contributed by atoms with Crippen LogP contribution in [0.25, 0.3) is 0 Å². The number of para-hydroxylation sites is 1. The molecule has 0 fully saturated rings. The molecule has 2 rings (SSSR count). The van der Waals surface area contributed by atoms with Crippen LogP contribution in [0.4, 0.5) is 0 Å². The summed E-state index contributed by atoms with van der Waals surface area (Å²) in [6, 6.07) is 9.00. The van der Waals surface area contributed by atoms with Crippen molar-refractivity contribution in [2.24, 2.45) is 5.92 Å². The van der Waals surface area contributed by atoms with E-state index in [-0.39, 0.29) is 0 Å². The number of benzene rings is 1. The lowest BCUT2D eigenvalue weighted by Gasteiger charge is -2.24. The van der Waals surface area contributed by atoms with Crippen molar-refractivity contribution in [3.63, 3.8) is 0 Å². The highest BCUT2D eigenvalue weighted by Crippen LogP contribution is 2.31. The van der Waals surface area contributed by atoms with Gasteiger partial charge in [-0.15, -0.1) is 0 Å². The Balaban J connectivity index is 1.91. The molecule has 0 aromatic heterocycles. The minimum atomic E-state index is 0.366. The Hall–Kier alpha value is -1.02. The summed E-state index contributed by atoms with van der Waals surface area (Å²) in [6.07, 6.45) is 3.75. The van der Waals surface area contributed by atoms with Crippen molar-refractivity contribution in [1.82, 2.24) is 5.32 Å². The summed E-state index contributed by atoms with van der Waals surface area (Å²) in [5, 5.41) is 3.39. The number of ether oxygens (including phenoxy) is 1. The molecule has 3 atom stereocenters. The molecule has 1 N–H and O–H groups in total. The van der Waals surface area contributed by atoms with E-state index in [1.165, 1.54) is 12.0 Å². The van der Waals surface area contributed by atoms with Gasteiger partial charge in [0.25, 0.3) is 0 Å². The van der Waals surface area contributed by atoms with Crippen molar-refractivity contribution in [1.29, 1.82) is 0 Å². The van der Waals surface area contributed by atoms with Crippen LogP contribution < -0.4 is 10.1 Å². The normalized spacial score (nSPS) is 21.7. The van der Waals surface area contributed by atoms with Crippen molar-refractivity contribution < 1.29 is 4.74 Å². The van der Waals surface area contributed by atoms with Gasteiger partial charge in [-0.25, -0.2) is 0 Å². The summed E-state index contributed by atoms with van der Waals surface area (Å²) in [5.74, 6) is 1.74. The van der Waals surface area contributed by atoms with Crippen molar-refractivity contribution >= 4 is 0 Å². The van der Waals surface area contributed by atoms with Crippen molar-refractivity contribution in [3.05, 3.63) is 29.8 Å². The number of hydrogen-bond acceptors (Lipinski definition) is 2. The van der Waals surface area contributed by atoms with Gasteiger partial charge >= 0.3 is 0 Å². The third kappa shape index (κ3) is 2.81. The molecule has 1 aromatic carbocycles. The third-order valence-electron chi connectivity index (χ3n) is 3.85. The molecule has 0 amide bonds. The highest BCUT2D eigenvalue weighted by atomic mass is 16.5. The molecule has 1 heterocycles. The molecule has 94 valence electrons. The SMILES string of the molecule is CCC(NC)C(C)CC1Cc2ccccc2O1. The summed E-state index contributed by atoms with van der Waals surface area (Å²) in [7, 11) is 2.05. The highest BCUT2D eigenvalue weighted by molar-refractivity contribution is 5.37. The van der Waals surface area contributed by atoms with Crippen LogP contribution in [-0.4, -0.2) is 19.2 Å². The molecule has 0 saturated heterocycles. The molecule has 1 aliphatic heterocycles. The molecule has 1 aliphatic rings. The fourth-order valence-corrected chi connectivity index (χ4v) is 2.86. The van der Waals surface area contributed by atoms with Crippen LogP contribution in [0, 0.1) is 5.92 Å². The molecule has 2 nitrogen and oxygen atoms in total. The molecule has 0 radical (unpaired) electrons. The average molecular weight is 233 g/mol. The maximum absolute atomic E-state index is 5.99. The number of rotatable bonds is 5. The molecular formula is C15H23NO. The van der Waals surface area contributed by atoms with Gasteiger partial charge < -0.3 is 10.1 Å². The van der Waals surface area contributed by atoms with Gasteiger partial charge in [-0.1, -0.05) is 32.0 Å². The van der Waals surface area contributed by atoms with Gasteiger partial charge in [-0.3, -0.25) is 0 Å². The standard InChI is InChI=1S/C15H23NO/c1-4-14(16-3)11(2)9-13-10-12-7-5-6-8-15(12)17-13/h5-8,11,13-14,16H,4,9-10H2,1-3H3. The van der Waals surface area contributed by atoms with Crippen LogP contribution in [0.5, 0.6) is 5.75 Å². The Morgan fingerprint density at radius 1 is 1.41 bits per heavy atom. The fraction of sp³-hybridized carbons (Fsp3) is 0.600. The van der Waals surface area contributed by atoms with E-state index in [0.717, 1.165) is 18.6 Å². The van der Waals surface area contributed by atoms with Gasteiger partial charge in [-0.05, 0) is 37.4 Å². The van der Waals surface area contributed by atoms with Crippen LogP contribution in [0.1, 0.15) is 32.3 Å². The second-order valence-corrected chi connectivity index (χ2v) is 5.07. The summed E-state index contributed by atoms with van der Waals surface area (Å²) >= 11 is 0. The Bertz CT molecular complexity index is 335. The Morgan fingerprint density at radius 3 is 2.82 bits per heavy atom. The quantitative estimate of drug-likeness (QED) is 0.844. The third-order valence-corrected chi connectivity index (χ3v) is 3.85. The molecule has 1 aromatic rings. The van der Waals surface area contributed by atoms with E-state index in [2.05, 4.69) is 44.4 Å². The minimum absolute atomic E-state index is 0.366. The molecule has 0 bridgehead atoms. The number of nitrogens with one attached hydrogen (secondary N) is 1. The lowest BCUT2D eigenvalue weighted by atomic mass is 9.92. The lowest BCUT2D eigenvalue weighted by Crippen LogP contribution is -2.34. The Morgan fingerprint density at radius 2 is 2.18 bits per heavy atom. The summed E-state index contributed by atoms with van der Waals surface area (Å²) in [4.78, 5) is 0. The van der Waals surface area contributed by atoms with E-state index in [0.29, 0.717) is 18.1 Å². The van der Waals surface area contributed by atoms with E-state index in [1.807, 2.05) is 6.07 Å². The van der Waals surface area contributed by atoms with Crippen molar-refractivity contribution in [2.45, 2.75) is 45.3 Å². The monoisotopic (exact) mass is 233 g/mol. The molecule has 0 saturated carbocycles. The van der Waals surface area contributed by atoms with Crippen LogP contribution >= 0.6 is 0 Å². The maximum atomic E-state index is 5.99. The fourth-order valence-electron chi connectivity index (χ4n) is 2.86. The Kier molecular flexibility index (Phi) is 4.06. The lowest BCUT2D eigenvalue weighted by molar-refractivity contribution is 0.182. The molecule has 3 unspecified atom stereocenters. The minimum Gasteiger partial charge on any atom is -0.490 e. The van der Waals surface area contributed by atoms with Crippen molar-refractivity contribution in [2.75, 3.05) is 7.05 Å². The van der Waals surface area contributed by atoms with Gasteiger partial charge in [0.1, 0.15) is 11.9 Å². The summed E-state index contributed by atoms with van der Waals surface area (Å²) in [5.41, 5.74) is 1.36. The molecule has 0 spiro atoms. The maximum Gasteiger partial charge on any atom is 0.123 e. The predicted octanol–water partition coefficient (Wildman–Crippen LogP) is 3.01. The van der Waals surface area contributed by atoms with E-state index in [1.54, 1.807) is 0 Å². The number of hydrogen-bond donors (Lipinski definition) is 1. The largest absolute Gasteiger partial charge is 0.490 e. The molecule has 2 heteroatoms. The van der Waals surface area contributed by atoms with Gasteiger partial charge in [0.15, 0.2) is 0 Å². The van der Waals surface area contributed by atoms with Gasteiger partial charge in [0.2, 0.25) is 0 Å². The first-order valence-corrected chi connectivity index (χ1v) is 6.66. The average Bonchev–Trinajstić information content (AvgIpc) is 2.72.